The van der Waals surface area contributed by atoms with Gasteiger partial charge in [-0.3, -0.25) is 20.2 Å². The number of nitrogens with zero attached hydrogens (tertiary/aromatic N) is 6. The number of hydrogen-bond donors (Lipinski definition) is 0. The quantitative estimate of drug-likeness (QED) is 0.173. The number of hydrogen-bond acceptors (Lipinski definition) is 6. The van der Waals surface area contributed by atoms with E-state index in [9.17, 15) is 26.3 Å². The molecule has 0 bridgehead atoms. The van der Waals surface area contributed by atoms with Crippen molar-refractivity contribution < 1.29 is 56.2 Å². The number of aromatic nitrogens is 6. The third-order valence-corrected chi connectivity index (χ3v) is 5.40. The summed E-state index contributed by atoms with van der Waals surface area (Å²) in [6, 6.07) is 7.26. The van der Waals surface area contributed by atoms with Crippen molar-refractivity contribution in [3.05, 3.63) is 71.6 Å². The second kappa shape index (κ2) is 10.4. The van der Waals surface area contributed by atoms with Gasteiger partial charge in [-0.15, -0.1) is 12.1 Å². The average Bonchev–Trinajstić information content (AvgIpc) is 3.53. The molecule has 4 aromatic rings. The molecule has 0 N–H and O–H groups in total. The van der Waals surface area contributed by atoms with Crippen LogP contribution in [0.4, 0.5) is 26.3 Å². The molecular weight excluding hydrogens is 613 g/mol. The van der Waals surface area contributed by atoms with E-state index < -0.39 is 29.2 Å². The standard InChI is InChI=1S/C23H18F6N6O2.Pd/c1-21(2,17-9-13(36-3)11-19(30-17)34-7-5-15(32-34)22(24,25)26)18-10-14(37-4)12-20(31-18)35-8-6-16(33-35)23(27,28)29;/h5-6,9-12H,1-4H3;/q-2;+2. The van der Waals surface area contributed by atoms with Gasteiger partial charge in [-0.05, 0) is 26.0 Å². The second-order valence-corrected chi connectivity index (χ2v) is 8.26. The molecule has 0 aliphatic carbocycles. The fourth-order valence-corrected chi connectivity index (χ4v) is 3.29. The molecule has 0 saturated carbocycles. The van der Waals surface area contributed by atoms with Crippen LogP contribution in [-0.2, 0) is 38.2 Å². The number of pyridine rings is 2. The van der Waals surface area contributed by atoms with Crippen LogP contribution in [0.25, 0.3) is 11.6 Å². The number of halogens is 6. The molecule has 4 aromatic heterocycles. The van der Waals surface area contributed by atoms with Crippen LogP contribution in [0.5, 0.6) is 11.5 Å². The summed E-state index contributed by atoms with van der Waals surface area (Å²) in [6.07, 6.45) is -4.56. The minimum atomic E-state index is -4.67. The van der Waals surface area contributed by atoms with E-state index in [1.54, 1.807) is 26.0 Å². The molecule has 0 aromatic carbocycles. The summed E-state index contributed by atoms with van der Waals surface area (Å²) >= 11 is 0. The Labute approximate surface area is 226 Å². The van der Waals surface area contributed by atoms with Crippen molar-refractivity contribution >= 4 is 0 Å². The Hall–Kier alpha value is -3.44. The number of ether oxygens (including phenoxy) is 2. The minimum absolute atomic E-state index is 0. The Morgan fingerprint density at radius 3 is 1.32 bits per heavy atom. The monoisotopic (exact) mass is 630 g/mol. The molecule has 8 nitrogen and oxygen atoms in total. The van der Waals surface area contributed by atoms with Gasteiger partial charge >= 0.3 is 32.8 Å². The second-order valence-electron chi connectivity index (χ2n) is 8.26. The predicted molar refractivity (Wildman–Crippen MR) is 116 cm³/mol. The minimum Gasteiger partial charge on any atom is -0.498 e. The summed E-state index contributed by atoms with van der Waals surface area (Å²) in [5.41, 5.74) is -2.72. The molecule has 38 heavy (non-hydrogen) atoms. The zero-order valence-electron chi connectivity index (χ0n) is 20.0. The van der Waals surface area contributed by atoms with Crippen LogP contribution in [0.2, 0.25) is 0 Å². The van der Waals surface area contributed by atoms with Gasteiger partial charge in [-0.25, -0.2) is 0 Å². The van der Waals surface area contributed by atoms with E-state index in [1.165, 1.54) is 26.4 Å². The van der Waals surface area contributed by atoms with E-state index >= 15 is 0 Å². The summed E-state index contributed by atoms with van der Waals surface area (Å²) in [4.78, 5) is 8.90. The molecule has 4 heterocycles. The summed E-state index contributed by atoms with van der Waals surface area (Å²) in [5, 5.41) is 7.00. The van der Waals surface area contributed by atoms with Gasteiger partial charge in [0.2, 0.25) is 0 Å². The van der Waals surface area contributed by atoms with E-state index in [2.05, 4.69) is 32.6 Å². The number of methoxy groups -OCH3 is 2. The normalized spacial score (nSPS) is 12.3. The molecule has 204 valence electrons. The molecule has 0 aliphatic rings. The maximum Gasteiger partial charge on any atom is 2.00 e. The number of alkyl halides is 6. The van der Waals surface area contributed by atoms with Gasteiger partial charge in [0, 0.05) is 28.9 Å². The Kier molecular flexibility index (Phi) is 7.95. The Balaban J connectivity index is 0.00000400. The smallest absolute Gasteiger partial charge is 0.498 e. The van der Waals surface area contributed by atoms with Crippen molar-refractivity contribution in [2.75, 3.05) is 14.2 Å². The van der Waals surface area contributed by atoms with Gasteiger partial charge in [0.25, 0.3) is 0 Å². The van der Waals surface area contributed by atoms with Crippen LogP contribution < -0.4 is 9.47 Å². The maximum atomic E-state index is 13.0. The fraction of sp³-hybridized carbons (Fsp3) is 0.304. The van der Waals surface area contributed by atoms with Gasteiger partial charge in [-0.2, -0.15) is 26.3 Å². The first-order valence-corrected chi connectivity index (χ1v) is 10.5. The van der Waals surface area contributed by atoms with Crippen molar-refractivity contribution in [2.45, 2.75) is 31.6 Å². The Morgan fingerprint density at radius 2 is 1.03 bits per heavy atom. The van der Waals surface area contributed by atoms with Crippen LogP contribution >= 0.6 is 0 Å². The van der Waals surface area contributed by atoms with Crippen molar-refractivity contribution in [3.63, 3.8) is 0 Å². The zero-order valence-corrected chi connectivity index (χ0v) is 21.6. The third-order valence-electron chi connectivity index (χ3n) is 5.40. The van der Waals surface area contributed by atoms with E-state index in [-0.39, 0.29) is 43.6 Å². The molecule has 0 saturated heterocycles. The molecular formula is C23H18F6N6O2Pd. The topological polar surface area (TPSA) is 79.9 Å². The van der Waals surface area contributed by atoms with Crippen molar-refractivity contribution in [1.29, 1.82) is 0 Å². The molecule has 0 aliphatic heterocycles. The maximum absolute atomic E-state index is 13.0. The van der Waals surface area contributed by atoms with Gasteiger partial charge in [0.05, 0.1) is 37.2 Å². The van der Waals surface area contributed by atoms with Gasteiger partial charge in [0.1, 0.15) is 11.5 Å². The molecule has 0 amide bonds. The SMILES string of the molecule is COc1cc(-n2[c-]cc(C(F)(F)F)n2)nc(C(C)(C)c2cc(OC)cc(-n3[c-]cc(C(F)(F)F)n3)n2)c1.[Pd+2]. The van der Waals surface area contributed by atoms with Gasteiger partial charge in [0.15, 0.2) is 0 Å². The molecule has 15 heteroatoms. The fourth-order valence-electron chi connectivity index (χ4n) is 3.29. The Morgan fingerprint density at radius 1 is 0.658 bits per heavy atom. The average molecular weight is 631 g/mol. The largest absolute Gasteiger partial charge is 2.00 e. The van der Waals surface area contributed by atoms with E-state index in [1.807, 2.05) is 0 Å². The first-order valence-electron chi connectivity index (χ1n) is 10.5. The molecule has 0 unspecified atom stereocenters. The molecule has 0 spiro atoms. The molecule has 0 atom stereocenters. The third kappa shape index (κ3) is 5.83. The molecule has 0 radical (unpaired) electrons. The van der Waals surface area contributed by atoms with E-state index in [0.717, 1.165) is 9.36 Å². The van der Waals surface area contributed by atoms with E-state index in [0.29, 0.717) is 23.5 Å². The van der Waals surface area contributed by atoms with Crippen LogP contribution in [0.3, 0.4) is 0 Å². The number of rotatable bonds is 6. The van der Waals surface area contributed by atoms with Crippen LogP contribution in [-0.4, -0.2) is 43.7 Å². The summed E-state index contributed by atoms with van der Waals surface area (Å²) in [6.45, 7) is 3.43. The van der Waals surface area contributed by atoms with Gasteiger partial charge < -0.3 is 18.8 Å². The summed E-state index contributed by atoms with van der Waals surface area (Å²) < 4.78 is 90.5. The molecule has 4 rings (SSSR count). The summed E-state index contributed by atoms with van der Waals surface area (Å²) in [7, 11) is 2.75. The van der Waals surface area contributed by atoms with E-state index in [4.69, 9.17) is 9.47 Å². The van der Waals surface area contributed by atoms with Crippen molar-refractivity contribution in [2.24, 2.45) is 0 Å². The van der Waals surface area contributed by atoms with Crippen LogP contribution in [0.1, 0.15) is 36.6 Å². The summed E-state index contributed by atoms with van der Waals surface area (Å²) in [5.74, 6) is 0.528. The van der Waals surface area contributed by atoms with Crippen molar-refractivity contribution in [1.82, 2.24) is 29.5 Å². The Bertz CT molecular complexity index is 1320. The van der Waals surface area contributed by atoms with Gasteiger partial charge in [-0.1, -0.05) is 12.4 Å². The van der Waals surface area contributed by atoms with Crippen LogP contribution in [0.15, 0.2) is 36.4 Å². The first kappa shape index (κ1) is 29.1. The molecule has 0 fully saturated rings. The van der Waals surface area contributed by atoms with Crippen molar-refractivity contribution in [3.8, 4) is 23.1 Å². The predicted octanol–water partition coefficient (Wildman–Crippen LogP) is 4.83. The first-order chi connectivity index (χ1) is 17.2. The zero-order chi connectivity index (χ0) is 27.2. The van der Waals surface area contributed by atoms with Crippen LogP contribution in [0, 0.1) is 12.4 Å².